The van der Waals surface area contributed by atoms with E-state index in [2.05, 4.69) is 10.2 Å². The molecule has 2 aromatic rings. The number of fused-ring (bicyclic) bond motifs is 1. The van der Waals surface area contributed by atoms with Gasteiger partial charge in [0.05, 0.1) is 17.8 Å². The van der Waals surface area contributed by atoms with Gasteiger partial charge in [-0.15, -0.1) is 10.2 Å². The minimum atomic E-state index is -1.18. The molecule has 0 saturated carbocycles. The fourth-order valence-electron chi connectivity index (χ4n) is 2.28. The molecule has 1 aromatic carbocycles. The van der Waals surface area contributed by atoms with Crippen LogP contribution in [0.4, 0.5) is 15.8 Å². The van der Waals surface area contributed by atoms with Crippen molar-refractivity contribution >= 4 is 17.3 Å². The highest BCUT2D eigenvalue weighted by Crippen LogP contribution is 2.28. The fourth-order valence-corrected chi connectivity index (χ4v) is 2.28. The number of rotatable bonds is 2. The van der Waals surface area contributed by atoms with E-state index in [-0.39, 0.29) is 16.9 Å². The number of carbonyl (C=O) groups is 1. The third kappa shape index (κ3) is 1.94. The van der Waals surface area contributed by atoms with E-state index >= 15 is 0 Å². The summed E-state index contributed by atoms with van der Waals surface area (Å²) < 4.78 is 15.9. The molecule has 3 rings (SSSR count). The zero-order valence-electron chi connectivity index (χ0n) is 10.5. The lowest BCUT2D eigenvalue weighted by Crippen LogP contribution is -2.34. The minimum Gasteiger partial charge on any atom is -0.478 e. The van der Waals surface area contributed by atoms with Crippen molar-refractivity contribution in [2.24, 2.45) is 0 Å². The van der Waals surface area contributed by atoms with Crippen LogP contribution in [0, 0.1) is 5.82 Å². The Labute approximate surface area is 113 Å². The van der Waals surface area contributed by atoms with Crippen molar-refractivity contribution in [1.29, 1.82) is 0 Å². The summed E-state index contributed by atoms with van der Waals surface area (Å²) in [6.07, 6.45) is 1.62. The first kappa shape index (κ1) is 12.4. The van der Waals surface area contributed by atoms with Gasteiger partial charge in [0, 0.05) is 18.8 Å². The van der Waals surface area contributed by atoms with Crippen LogP contribution in [0.5, 0.6) is 0 Å². The molecule has 1 aliphatic rings. The van der Waals surface area contributed by atoms with Gasteiger partial charge in [0.1, 0.15) is 12.1 Å². The number of aromatic nitrogens is 3. The quantitative estimate of drug-likeness (QED) is 0.785. The van der Waals surface area contributed by atoms with Crippen molar-refractivity contribution in [3.8, 4) is 0 Å². The van der Waals surface area contributed by atoms with Crippen LogP contribution in [0.1, 0.15) is 16.2 Å². The topological polar surface area (TPSA) is 97.3 Å². The summed E-state index contributed by atoms with van der Waals surface area (Å²) in [5, 5.41) is 16.8. The molecule has 1 aromatic heterocycles. The van der Waals surface area contributed by atoms with Crippen LogP contribution < -0.4 is 10.6 Å². The Balaban J connectivity index is 1.99. The second kappa shape index (κ2) is 4.48. The highest BCUT2D eigenvalue weighted by atomic mass is 19.1. The van der Waals surface area contributed by atoms with Gasteiger partial charge < -0.3 is 20.3 Å². The Morgan fingerprint density at radius 1 is 1.40 bits per heavy atom. The first-order chi connectivity index (χ1) is 9.56. The molecule has 0 unspecified atom stereocenters. The van der Waals surface area contributed by atoms with Crippen molar-refractivity contribution in [3.63, 3.8) is 0 Å². The zero-order valence-corrected chi connectivity index (χ0v) is 10.5. The van der Waals surface area contributed by atoms with Crippen molar-refractivity contribution in [2.45, 2.75) is 13.1 Å². The predicted octanol–water partition coefficient (Wildman–Crippen LogP) is 0.718. The van der Waals surface area contributed by atoms with E-state index < -0.39 is 11.8 Å². The summed E-state index contributed by atoms with van der Waals surface area (Å²) in [5.41, 5.74) is 5.54. The number of carboxylic acids is 1. The maximum atomic E-state index is 14.0. The molecule has 0 saturated heterocycles. The average molecular weight is 277 g/mol. The summed E-state index contributed by atoms with van der Waals surface area (Å²) in [7, 11) is 0. The maximum absolute atomic E-state index is 14.0. The Hall–Kier alpha value is -2.64. The molecule has 0 radical (unpaired) electrons. The van der Waals surface area contributed by atoms with E-state index in [1.54, 1.807) is 11.2 Å². The van der Waals surface area contributed by atoms with Crippen LogP contribution >= 0.6 is 0 Å². The average Bonchev–Trinajstić information content (AvgIpc) is 2.85. The second-order valence-corrected chi connectivity index (χ2v) is 4.56. The standard InChI is InChI=1S/C12H12FN5O2/c13-8-4-9(14)7(12(19)20)3-10(8)17-1-2-18-6-15-16-11(18)5-17/h3-4,6H,1-2,5,14H2,(H,19,20). The molecule has 0 bridgehead atoms. The SMILES string of the molecule is Nc1cc(F)c(N2CCn3cnnc3C2)cc1C(=O)O. The van der Waals surface area contributed by atoms with Crippen LogP contribution in [0.2, 0.25) is 0 Å². The maximum Gasteiger partial charge on any atom is 0.337 e. The molecule has 20 heavy (non-hydrogen) atoms. The number of hydrogen-bond acceptors (Lipinski definition) is 5. The van der Waals surface area contributed by atoms with Crippen molar-refractivity contribution < 1.29 is 14.3 Å². The van der Waals surface area contributed by atoms with Gasteiger partial charge in [-0.1, -0.05) is 0 Å². The summed E-state index contributed by atoms with van der Waals surface area (Å²) in [4.78, 5) is 12.8. The summed E-state index contributed by atoms with van der Waals surface area (Å²) >= 11 is 0. The number of hydrogen-bond donors (Lipinski definition) is 2. The molecule has 3 N–H and O–H groups in total. The first-order valence-corrected chi connectivity index (χ1v) is 6.00. The Morgan fingerprint density at radius 2 is 2.20 bits per heavy atom. The lowest BCUT2D eigenvalue weighted by molar-refractivity contribution is 0.0698. The number of nitrogens with two attached hydrogens (primary N) is 1. The number of benzene rings is 1. The van der Waals surface area contributed by atoms with Crippen molar-refractivity contribution in [2.75, 3.05) is 17.2 Å². The number of halogens is 1. The van der Waals surface area contributed by atoms with E-state index in [0.717, 1.165) is 6.07 Å². The molecular formula is C12H12FN5O2. The Morgan fingerprint density at radius 3 is 2.95 bits per heavy atom. The van der Waals surface area contributed by atoms with Gasteiger partial charge in [-0.3, -0.25) is 0 Å². The number of nitrogen functional groups attached to an aromatic ring is 1. The van der Waals surface area contributed by atoms with Crippen LogP contribution in [-0.4, -0.2) is 32.4 Å². The van der Waals surface area contributed by atoms with E-state index in [9.17, 15) is 9.18 Å². The summed E-state index contributed by atoms with van der Waals surface area (Å²) in [5.74, 6) is -1.01. The van der Waals surface area contributed by atoms with Gasteiger partial charge in [-0.2, -0.15) is 0 Å². The number of aromatic carboxylic acids is 1. The molecule has 2 heterocycles. The van der Waals surface area contributed by atoms with E-state index in [1.807, 2.05) is 4.57 Å². The van der Waals surface area contributed by atoms with E-state index in [1.165, 1.54) is 6.07 Å². The van der Waals surface area contributed by atoms with E-state index in [4.69, 9.17) is 10.8 Å². The molecule has 0 amide bonds. The van der Waals surface area contributed by atoms with E-state index in [0.29, 0.717) is 25.5 Å². The molecule has 8 heteroatoms. The van der Waals surface area contributed by atoms with Crippen LogP contribution in [0.15, 0.2) is 18.5 Å². The Kier molecular flexibility index (Phi) is 2.78. The predicted molar refractivity (Wildman–Crippen MR) is 68.8 cm³/mol. The van der Waals surface area contributed by atoms with Gasteiger partial charge in [0.2, 0.25) is 0 Å². The lowest BCUT2D eigenvalue weighted by atomic mass is 10.1. The summed E-state index contributed by atoms with van der Waals surface area (Å²) in [6.45, 7) is 1.54. The molecule has 1 aliphatic heterocycles. The first-order valence-electron chi connectivity index (χ1n) is 6.00. The normalized spacial score (nSPS) is 14.2. The Bertz CT molecular complexity index is 684. The third-order valence-electron chi connectivity index (χ3n) is 3.33. The van der Waals surface area contributed by atoms with Crippen LogP contribution in [-0.2, 0) is 13.1 Å². The molecule has 0 spiro atoms. The molecule has 104 valence electrons. The number of nitrogens with zero attached hydrogens (tertiary/aromatic N) is 4. The molecule has 0 fully saturated rings. The smallest absolute Gasteiger partial charge is 0.337 e. The molecular weight excluding hydrogens is 265 g/mol. The van der Waals surface area contributed by atoms with Crippen LogP contribution in [0.3, 0.4) is 0 Å². The van der Waals surface area contributed by atoms with Gasteiger partial charge >= 0.3 is 5.97 Å². The van der Waals surface area contributed by atoms with Crippen molar-refractivity contribution in [3.05, 3.63) is 35.7 Å². The van der Waals surface area contributed by atoms with Gasteiger partial charge in [-0.25, -0.2) is 9.18 Å². The molecule has 0 aliphatic carbocycles. The highest BCUT2D eigenvalue weighted by Gasteiger charge is 2.22. The highest BCUT2D eigenvalue weighted by molar-refractivity contribution is 5.95. The summed E-state index contributed by atoms with van der Waals surface area (Å²) in [6, 6.07) is 2.30. The fraction of sp³-hybridized carbons (Fsp3) is 0.250. The van der Waals surface area contributed by atoms with Crippen molar-refractivity contribution in [1.82, 2.24) is 14.8 Å². The zero-order chi connectivity index (χ0) is 14.3. The van der Waals surface area contributed by atoms with Gasteiger partial charge in [0.15, 0.2) is 5.82 Å². The number of anilines is 2. The third-order valence-corrected chi connectivity index (χ3v) is 3.33. The van der Waals surface area contributed by atoms with Gasteiger partial charge in [0.25, 0.3) is 0 Å². The monoisotopic (exact) mass is 277 g/mol. The number of carboxylic acid groups (broad SMARTS) is 1. The molecule has 0 atom stereocenters. The van der Waals surface area contributed by atoms with Crippen LogP contribution in [0.25, 0.3) is 0 Å². The minimum absolute atomic E-state index is 0.0843. The second-order valence-electron chi connectivity index (χ2n) is 4.56. The van der Waals surface area contributed by atoms with Gasteiger partial charge in [-0.05, 0) is 12.1 Å². The molecule has 7 nitrogen and oxygen atoms in total. The largest absolute Gasteiger partial charge is 0.478 e. The lowest BCUT2D eigenvalue weighted by Gasteiger charge is -2.29.